The third-order valence-electron chi connectivity index (χ3n) is 5.56. The summed E-state index contributed by atoms with van der Waals surface area (Å²) in [6, 6.07) is 12.6. The number of benzene rings is 1. The number of fused-ring (bicyclic) bond motifs is 1. The number of anilines is 1. The fourth-order valence-electron chi connectivity index (χ4n) is 3.78. The molecule has 4 N–H and O–H groups in total. The average Bonchev–Trinajstić information content (AvgIpc) is 3.30. The summed E-state index contributed by atoms with van der Waals surface area (Å²) >= 11 is 0. The Morgan fingerprint density at radius 3 is 2.77 bits per heavy atom. The monoisotopic (exact) mass is 428 g/mol. The first kappa shape index (κ1) is 21.0. The molecule has 1 aliphatic rings. The lowest BCUT2D eigenvalue weighted by Gasteiger charge is -2.27. The minimum absolute atomic E-state index is 0.271. The van der Waals surface area contributed by atoms with Gasteiger partial charge in [-0.15, -0.1) is 0 Å². The van der Waals surface area contributed by atoms with Crippen molar-refractivity contribution in [1.29, 1.82) is 0 Å². The van der Waals surface area contributed by atoms with Crippen molar-refractivity contribution in [2.75, 3.05) is 12.3 Å². The summed E-state index contributed by atoms with van der Waals surface area (Å²) in [5.41, 5.74) is 6.39. The lowest BCUT2D eigenvalue weighted by atomic mass is 9.93. The van der Waals surface area contributed by atoms with Crippen molar-refractivity contribution in [2.24, 2.45) is 0 Å². The molecule has 3 heterocycles. The number of nitrogen functional groups attached to an aromatic ring is 1. The summed E-state index contributed by atoms with van der Waals surface area (Å²) in [6.45, 7) is 3.05. The molecule has 31 heavy (non-hydrogen) atoms. The summed E-state index contributed by atoms with van der Waals surface area (Å²) in [7, 11) is 0. The number of carbonyl (C=O) groups excluding carboxylic acids is 1. The molecular weight excluding hydrogens is 404 g/mol. The van der Waals surface area contributed by atoms with Gasteiger partial charge in [0.05, 0.1) is 5.69 Å². The van der Waals surface area contributed by atoms with E-state index in [0.29, 0.717) is 11.2 Å². The highest BCUT2D eigenvalue weighted by molar-refractivity contribution is 5.65. The Hall–Kier alpha value is -3.21. The normalized spacial score (nSPS) is 26.6. The summed E-state index contributed by atoms with van der Waals surface area (Å²) in [6.07, 6.45) is -3.68. The van der Waals surface area contributed by atoms with E-state index in [0.717, 1.165) is 5.56 Å². The Morgan fingerprint density at radius 2 is 2.03 bits per heavy atom. The lowest BCUT2D eigenvalue weighted by Crippen LogP contribution is -2.39. The van der Waals surface area contributed by atoms with Crippen LogP contribution < -0.4 is 5.73 Å². The first-order valence-corrected chi connectivity index (χ1v) is 9.82. The van der Waals surface area contributed by atoms with Crippen LogP contribution in [0.2, 0.25) is 0 Å². The van der Waals surface area contributed by atoms with Crippen molar-refractivity contribution in [1.82, 2.24) is 14.6 Å². The number of aromatic nitrogens is 3. The fraction of sp³-hybridized carbons (Fsp3) is 0.381. The molecule has 1 aromatic carbocycles. The van der Waals surface area contributed by atoms with Crippen LogP contribution in [0.15, 0.2) is 48.8 Å². The second-order valence-corrected chi connectivity index (χ2v) is 7.59. The van der Waals surface area contributed by atoms with Gasteiger partial charge in [-0.05, 0) is 31.5 Å². The molecule has 3 aromatic rings. The van der Waals surface area contributed by atoms with Gasteiger partial charge in [-0.25, -0.2) is 14.3 Å². The molecule has 1 saturated heterocycles. The third-order valence-corrected chi connectivity index (χ3v) is 5.56. The van der Waals surface area contributed by atoms with Crippen molar-refractivity contribution in [3.63, 3.8) is 0 Å². The van der Waals surface area contributed by atoms with E-state index in [1.165, 1.54) is 10.8 Å². The number of carbonyl (C=O) groups is 1. The zero-order valence-electron chi connectivity index (χ0n) is 17.1. The van der Waals surface area contributed by atoms with Gasteiger partial charge in [0, 0.05) is 0 Å². The molecule has 164 valence electrons. The maximum absolute atomic E-state index is 12.1. The molecule has 0 aliphatic carbocycles. The van der Waals surface area contributed by atoms with Crippen molar-refractivity contribution < 1.29 is 29.2 Å². The Kier molecular flexibility index (Phi) is 5.52. The highest BCUT2D eigenvalue weighted by Gasteiger charge is 2.54. The van der Waals surface area contributed by atoms with Gasteiger partial charge in [-0.3, -0.25) is 0 Å². The highest BCUT2D eigenvalue weighted by Crippen LogP contribution is 2.40. The van der Waals surface area contributed by atoms with E-state index in [9.17, 15) is 15.0 Å². The Morgan fingerprint density at radius 1 is 1.29 bits per heavy atom. The van der Waals surface area contributed by atoms with Gasteiger partial charge in [0.1, 0.15) is 48.5 Å². The zero-order valence-corrected chi connectivity index (χ0v) is 17.1. The molecule has 0 spiro atoms. The Labute approximate surface area is 178 Å². The largest absolute Gasteiger partial charge is 0.508 e. The number of rotatable bonds is 5. The molecule has 4 rings (SSSR count). The summed E-state index contributed by atoms with van der Waals surface area (Å²) in [5.74, 6) is 0.271. The van der Waals surface area contributed by atoms with E-state index < -0.39 is 36.2 Å². The molecule has 0 unspecified atom stereocenters. The van der Waals surface area contributed by atoms with Gasteiger partial charge < -0.3 is 30.2 Å². The van der Waals surface area contributed by atoms with E-state index in [1.54, 1.807) is 26.0 Å². The summed E-state index contributed by atoms with van der Waals surface area (Å²) in [4.78, 5) is 16.0. The minimum atomic E-state index is -1.32. The van der Waals surface area contributed by atoms with E-state index >= 15 is 0 Å². The lowest BCUT2D eigenvalue weighted by molar-refractivity contribution is -0.0951. The Bertz CT molecular complexity index is 1070. The first-order chi connectivity index (χ1) is 14.8. The first-order valence-electron chi connectivity index (χ1n) is 9.82. The maximum atomic E-state index is 12.1. The number of aliphatic hydroxyl groups excluding tert-OH is 2. The number of nitrogens with two attached hydrogens (primary N) is 1. The van der Waals surface area contributed by atoms with Crippen molar-refractivity contribution in [3.05, 3.63) is 60.0 Å². The van der Waals surface area contributed by atoms with Gasteiger partial charge in [0.15, 0.2) is 5.82 Å². The number of nitrogens with zero attached hydrogens (tertiary/aromatic N) is 3. The average molecular weight is 428 g/mol. The molecule has 10 heteroatoms. The SMILES string of the molecule is C[C@@H](OC(=O)OC[C@H]1O[C@@](C)(c2ccc3c(N)ncnn23)[C@H](O)[C@@H]1O)c1ccccc1. The molecular formula is C21H24N4O6. The molecule has 1 fully saturated rings. The fourth-order valence-corrected chi connectivity index (χ4v) is 3.78. The van der Waals surface area contributed by atoms with E-state index in [-0.39, 0.29) is 12.4 Å². The Balaban J connectivity index is 1.44. The van der Waals surface area contributed by atoms with Gasteiger partial charge in [-0.1, -0.05) is 30.3 Å². The summed E-state index contributed by atoms with van der Waals surface area (Å²) in [5, 5.41) is 25.4. The summed E-state index contributed by atoms with van der Waals surface area (Å²) < 4.78 is 17.9. The van der Waals surface area contributed by atoms with Crippen LogP contribution >= 0.6 is 0 Å². The van der Waals surface area contributed by atoms with Crippen LogP contribution in [0.5, 0.6) is 0 Å². The molecule has 0 saturated carbocycles. The maximum Gasteiger partial charge on any atom is 0.508 e. The van der Waals surface area contributed by atoms with Crippen LogP contribution in [-0.2, 0) is 19.8 Å². The van der Waals surface area contributed by atoms with Crippen LogP contribution in [0.4, 0.5) is 10.6 Å². The molecule has 5 atom stereocenters. The van der Waals surface area contributed by atoms with Gasteiger partial charge in [-0.2, -0.15) is 5.10 Å². The van der Waals surface area contributed by atoms with Crippen molar-refractivity contribution in [2.45, 2.75) is 43.9 Å². The highest BCUT2D eigenvalue weighted by atomic mass is 16.7. The number of aliphatic hydroxyl groups is 2. The quantitative estimate of drug-likeness (QED) is 0.516. The predicted molar refractivity (Wildman–Crippen MR) is 109 cm³/mol. The standard InChI is InChI=1S/C21H24N4O6/c1-12(13-6-4-3-5-7-13)30-20(28)29-10-15-17(26)18(27)21(2,31-15)16-9-8-14-19(22)23-11-24-25(14)16/h3-9,11-12,15,17-18,26-27H,10H2,1-2H3,(H2,22,23,24)/t12-,15-,17-,18-,21+/m1/s1. The predicted octanol–water partition coefficient (Wildman–Crippen LogP) is 1.56. The van der Waals surface area contributed by atoms with Crippen LogP contribution in [0.3, 0.4) is 0 Å². The van der Waals surface area contributed by atoms with E-state index in [2.05, 4.69) is 10.1 Å². The zero-order chi connectivity index (χ0) is 22.2. The second kappa shape index (κ2) is 8.14. The second-order valence-electron chi connectivity index (χ2n) is 7.59. The van der Waals surface area contributed by atoms with Crippen molar-refractivity contribution in [3.8, 4) is 0 Å². The molecule has 10 nitrogen and oxygen atoms in total. The number of hydrogen-bond acceptors (Lipinski definition) is 9. The number of hydrogen-bond donors (Lipinski definition) is 3. The molecule has 0 bridgehead atoms. The molecule has 0 amide bonds. The topological polar surface area (TPSA) is 141 Å². The molecule has 0 radical (unpaired) electrons. The van der Waals surface area contributed by atoms with E-state index in [1.807, 2.05) is 30.3 Å². The van der Waals surface area contributed by atoms with Crippen LogP contribution in [-0.4, -0.2) is 55.9 Å². The van der Waals surface area contributed by atoms with Crippen LogP contribution in [0, 0.1) is 0 Å². The van der Waals surface area contributed by atoms with Gasteiger partial charge in [0.2, 0.25) is 0 Å². The van der Waals surface area contributed by atoms with E-state index in [4.69, 9.17) is 19.9 Å². The number of ether oxygens (including phenoxy) is 3. The van der Waals surface area contributed by atoms with Crippen molar-refractivity contribution >= 4 is 17.5 Å². The molecule has 1 aliphatic heterocycles. The van der Waals surface area contributed by atoms with Crippen LogP contribution in [0.1, 0.15) is 31.2 Å². The smallest absolute Gasteiger partial charge is 0.431 e. The minimum Gasteiger partial charge on any atom is -0.431 e. The van der Waals surface area contributed by atoms with Crippen LogP contribution in [0.25, 0.3) is 5.52 Å². The van der Waals surface area contributed by atoms with Gasteiger partial charge >= 0.3 is 6.16 Å². The van der Waals surface area contributed by atoms with Gasteiger partial charge in [0.25, 0.3) is 0 Å². The third kappa shape index (κ3) is 3.80. The molecule has 2 aromatic heterocycles.